The van der Waals surface area contributed by atoms with Crippen molar-refractivity contribution in [2.24, 2.45) is 11.8 Å². The van der Waals surface area contributed by atoms with Gasteiger partial charge in [-0.05, 0) is 38.0 Å². The van der Waals surface area contributed by atoms with Crippen molar-refractivity contribution in [3.05, 3.63) is 36.5 Å². The number of esters is 2. The van der Waals surface area contributed by atoms with Crippen molar-refractivity contribution < 1.29 is 24.2 Å². The third-order valence-corrected chi connectivity index (χ3v) is 6.08. The van der Waals surface area contributed by atoms with Crippen molar-refractivity contribution >= 4 is 11.9 Å². The van der Waals surface area contributed by atoms with E-state index in [1.165, 1.54) is 46.1 Å². The van der Waals surface area contributed by atoms with Gasteiger partial charge in [0, 0.05) is 19.3 Å². The first-order valence-electron chi connectivity index (χ1n) is 12.4. The first-order valence-corrected chi connectivity index (χ1v) is 12.4. The Hall–Kier alpha value is -1.88. The van der Waals surface area contributed by atoms with Crippen molar-refractivity contribution in [2.75, 3.05) is 7.11 Å². The number of rotatable bonds is 16. The second kappa shape index (κ2) is 17.6. The Labute approximate surface area is 194 Å². The van der Waals surface area contributed by atoms with Gasteiger partial charge in [0.25, 0.3) is 0 Å². The molecule has 0 fully saturated rings. The molecular formula is C27H44O5. The predicted octanol–water partition coefficient (Wildman–Crippen LogP) is 6.07. The summed E-state index contributed by atoms with van der Waals surface area (Å²) in [5.74, 6) is -0.0960. The van der Waals surface area contributed by atoms with Gasteiger partial charge in [-0.25, -0.2) is 0 Å². The molecule has 1 N–H and O–H groups in total. The summed E-state index contributed by atoms with van der Waals surface area (Å²) < 4.78 is 10.4. The van der Waals surface area contributed by atoms with Crippen LogP contribution in [-0.2, 0) is 19.1 Å². The molecule has 5 heteroatoms. The van der Waals surface area contributed by atoms with Crippen LogP contribution in [0.1, 0.15) is 90.9 Å². The average Bonchev–Trinajstić information content (AvgIpc) is 2.78. The number of carbonyl (C=O) groups excluding carboxylic acids is 2. The van der Waals surface area contributed by atoms with E-state index >= 15 is 0 Å². The molecule has 0 spiro atoms. The van der Waals surface area contributed by atoms with Crippen molar-refractivity contribution in [1.29, 1.82) is 0 Å². The van der Waals surface area contributed by atoms with Gasteiger partial charge in [0.1, 0.15) is 6.10 Å². The molecule has 0 amide bonds. The Morgan fingerprint density at radius 3 is 2.47 bits per heavy atom. The van der Waals surface area contributed by atoms with Gasteiger partial charge in [0.05, 0.1) is 13.2 Å². The Kier molecular flexibility index (Phi) is 15.5. The molecule has 0 saturated carbocycles. The third-order valence-electron chi connectivity index (χ3n) is 6.08. The van der Waals surface area contributed by atoms with Crippen LogP contribution >= 0.6 is 0 Å². The number of carbonyl (C=O) groups is 2. The van der Waals surface area contributed by atoms with Crippen LogP contribution in [0.2, 0.25) is 0 Å². The molecule has 32 heavy (non-hydrogen) atoms. The van der Waals surface area contributed by atoms with E-state index in [1.54, 1.807) is 0 Å². The van der Waals surface area contributed by atoms with Crippen molar-refractivity contribution in [3.63, 3.8) is 0 Å². The molecule has 1 aliphatic rings. The summed E-state index contributed by atoms with van der Waals surface area (Å²) >= 11 is 0. The molecule has 0 aromatic heterocycles. The summed E-state index contributed by atoms with van der Waals surface area (Å²) in [6, 6.07) is 0. The van der Waals surface area contributed by atoms with Gasteiger partial charge in [0.2, 0.25) is 0 Å². The Balaban J connectivity index is 2.55. The van der Waals surface area contributed by atoms with Gasteiger partial charge in [-0.1, -0.05) is 81.9 Å². The lowest BCUT2D eigenvalue weighted by atomic mass is 9.78. The average molecular weight is 449 g/mol. The van der Waals surface area contributed by atoms with E-state index < -0.39 is 6.10 Å². The monoisotopic (exact) mass is 448 g/mol. The Bertz CT molecular complexity index is 607. The minimum Gasteiger partial charge on any atom is -0.469 e. The van der Waals surface area contributed by atoms with E-state index in [-0.39, 0.29) is 29.9 Å². The summed E-state index contributed by atoms with van der Waals surface area (Å²) in [5, 5.41) is 10.2. The number of unbranched alkanes of at least 4 members (excludes halogenated alkanes) is 5. The number of ether oxygens (including phenoxy) is 2. The Morgan fingerprint density at radius 2 is 1.75 bits per heavy atom. The molecule has 1 rings (SSSR count). The highest BCUT2D eigenvalue weighted by Gasteiger charge is 2.30. The van der Waals surface area contributed by atoms with Gasteiger partial charge in [-0.15, -0.1) is 0 Å². The van der Waals surface area contributed by atoms with E-state index in [0.29, 0.717) is 19.3 Å². The van der Waals surface area contributed by atoms with Crippen LogP contribution in [0.3, 0.4) is 0 Å². The Morgan fingerprint density at radius 1 is 1.03 bits per heavy atom. The third kappa shape index (κ3) is 12.8. The number of hydrogen-bond acceptors (Lipinski definition) is 5. The summed E-state index contributed by atoms with van der Waals surface area (Å²) in [5.41, 5.74) is 0. The number of methoxy groups -OCH3 is 1. The molecule has 1 aliphatic carbocycles. The minimum absolute atomic E-state index is 0.180. The lowest BCUT2D eigenvalue weighted by molar-refractivity contribution is -0.150. The van der Waals surface area contributed by atoms with Crippen LogP contribution in [-0.4, -0.2) is 36.4 Å². The van der Waals surface area contributed by atoms with Crippen molar-refractivity contribution in [3.8, 4) is 0 Å². The van der Waals surface area contributed by atoms with Crippen LogP contribution in [0.15, 0.2) is 36.5 Å². The molecule has 0 aromatic rings. The minimum atomic E-state index is -0.403. The maximum absolute atomic E-state index is 11.7. The predicted molar refractivity (Wildman–Crippen MR) is 129 cm³/mol. The quantitative estimate of drug-likeness (QED) is 0.134. The number of allylic oxidation sites excluding steroid dienone is 5. The number of hydrogen-bond donors (Lipinski definition) is 1. The summed E-state index contributed by atoms with van der Waals surface area (Å²) in [7, 11) is 1.39. The van der Waals surface area contributed by atoms with Crippen LogP contribution in [0.25, 0.3) is 0 Å². The second-order valence-electron chi connectivity index (χ2n) is 8.78. The molecule has 0 aromatic carbocycles. The van der Waals surface area contributed by atoms with Gasteiger partial charge in [-0.2, -0.15) is 0 Å². The highest BCUT2D eigenvalue weighted by atomic mass is 16.5. The van der Waals surface area contributed by atoms with Crippen LogP contribution in [0.4, 0.5) is 0 Å². The zero-order chi connectivity index (χ0) is 23.6. The zero-order valence-electron chi connectivity index (χ0n) is 20.3. The van der Waals surface area contributed by atoms with E-state index in [9.17, 15) is 14.7 Å². The maximum atomic E-state index is 11.7. The van der Waals surface area contributed by atoms with Gasteiger partial charge in [-0.3, -0.25) is 9.59 Å². The fourth-order valence-corrected chi connectivity index (χ4v) is 4.26. The molecule has 0 aliphatic heterocycles. The van der Waals surface area contributed by atoms with Crippen molar-refractivity contribution in [2.45, 2.75) is 103 Å². The molecule has 0 radical (unpaired) electrons. The normalized spacial score (nSPS) is 20.5. The standard InChI is InChI=1S/C27H44O5/c1-4-5-6-7-8-9-17-24(29)18-12-10-15-23-16-11-13-19-25(23)26(32-22(2)28)20-14-21-27(30)31-3/h10-13,15,18,23-26,29H,4-9,14,16-17,19-21H2,1-3H3/b15-10+,18-12+/t23-,24?,25+,26?/m0/s1. The highest BCUT2D eigenvalue weighted by molar-refractivity contribution is 5.69. The first kappa shape index (κ1) is 28.2. The largest absolute Gasteiger partial charge is 0.469 e. The second-order valence-corrected chi connectivity index (χ2v) is 8.78. The maximum Gasteiger partial charge on any atom is 0.305 e. The summed E-state index contributed by atoms with van der Waals surface area (Å²) in [6.45, 7) is 3.65. The van der Waals surface area contributed by atoms with Gasteiger partial charge in [0.15, 0.2) is 0 Å². The molecule has 2 unspecified atom stereocenters. The molecule has 0 heterocycles. The van der Waals surface area contributed by atoms with Crippen LogP contribution in [0.5, 0.6) is 0 Å². The molecular weight excluding hydrogens is 404 g/mol. The van der Waals surface area contributed by atoms with Gasteiger partial charge >= 0.3 is 11.9 Å². The zero-order valence-corrected chi connectivity index (χ0v) is 20.3. The van der Waals surface area contributed by atoms with Crippen molar-refractivity contribution in [1.82, 2.24) is 0 Å². The summed E-state index contributed by atoms with van der Waals surface area (Å²) in [4.78, 5) is 23.1. The SMILES string of the molecule is CCCCCCCCC(O)/C=C/C=C/[C@H]1CC=CC[C@H]1C(CCCC(=O)OC)OC(C)=O. The smallest absolute Gasteiger partial charge is 0.305 e. The molecule has 4 atom stereocenters. The molecule has 0 bridgehead atoms. The molecule has 182 valence electrons. The van der Waals surface area contributed by atoms with E-state index in [0.717, 1.165) is 25.7 Å². The topological polar surface area (TPSA) is 72.8 Å². The molecule has 5 nitrogen and oxygen atoms in total. The fourth-order valence-electron chi connectivity index (χ4n) is 4.26. The van der Waals surface area contributed by atoms with E-state index in [2.05, 4.69) is 25.2 Å². The number of aliphatic hydroxyl groups is 1. The summed E-state index contributed by atoms with van der Waals surface area (Å²) in [6.07, 6.45) is 23.1. The van der Waals surface area contributed by atoms with Crippen LogP contribution < -0.4 is 0 Å². The van der Waals surface area contributed by atoms with Crippen LogP contribution in [0, 0.1) is 11.8 Å². The van der Waals surface area contributed by atoms with E-state index in [4.69, 9.17) is 9.47 Å². The lowest BCUT2D eigenvalue weighted by Crippen LogP contribution is -2.32. The highest BCUT2D eigenvalue weighted by Crippen LogP contribution is 2.33. The van der Waals surface area contributed by atoms with E-state index in [1.807, 2.05) is 18.2 Å². The van der Waals surface area contributed by atoms with Gasteiger partial charge < -0.3 is 14.6 Å². The lowest BCUT2D eigenvalue weighted by Gasteiger charge is -2.33. The molecule has 0 saturated heterocycles. The number of aliphatic hydroxyl groups excluding tert-OH is 1. The fraction of sp³-hybridized carbons (Fsp3) is 0.704. The first-order chi connectivity index (χ1) is 15.5.